The first-order valence-corrected chi connectivity index (χ1v) is 6.15. The molecule has 0 saturated carbocycles. The summed E-state index contributed by atoms with van der Waals surface area (Å²) in [7, 11) is 1.85. The van der Waals surface area contributed by atoms with Crippen LogP contribution in [0.2, 0.25) is 0 Å². The van der Waals surface area contributed by atoms with Crippen molar-refractivity contribution in [3.05, 3.63) is 0 Å². The number of likely N-dealkylation sites (N-methyl/N-ethyl adjacent to an activating group) is 1. The minimum absolute atomic E-state index is 0.0526. The van der Waals surface area contributed by atoms with Crippen LogP contribution in [0.25, 0.3) is 0 Å². The van der Waals surface area contributed by atoms with E-state index in [9.17, 15) is 4.79 Å². The van der Waals surface area contributed by atoms with Gasteiger partial charge in [0.2, 0.25) is 5.91 Å². The van der Waals surface area contributed by atoms with E-state index < -0.39 is 0 Å². The lowest BCUT2D eigenvalue weighted by atomic mass is 9.86. The highest BCUT2D eigenvalue weighted by Gasteiger charge is 2.30. The molecule has 0 fully saturated rings. The largest absolute Gasteiger partial charge is 0.341 e. The van der Waals surface area contributed by atoms with Crippen LogP contribution in [-0.2, 0) is 4.79 Å². The Hall–Kier alpha value is -0.570. The first kappa shape index (κ1) is 15.4. The molecule has 3 nitrogen and oxygen atoms in total. The summed E-state index contributed by atoms with van der Waals surface area (Å²) in [6, 6.07) is -0.185. The van der Waals surface area contributed by atoms with Crippen LogP contribution in [0.15, 0.2) is 0 Å². The molecule has 0 saturated heterocycles. The maximum absolute atomic E-state index is 12.1. The maximum atomic E-state index is 12.1. The summed E-state index contributed by atoms with van der Waals surface area (Å²) in [4.78, 5) is 13.9. The SMILES string of the molecule is CC[C@H](C)[C@H](N)C(=O)N(C)C(C)C(C)(C)C. The molecule has 0 heterocycles. The molecule has 0 rings (SSSR count). The predicted molar refractivity (Wildman–Crippen MR) is 69.1 cm³/mol. The van der Waals surface area contributed by atoms with Gasteiger partial charge in [-0.1, -0.05) is 41.0 Å². The summed E-state index contributed by atoms with van der Waals surface area (Å²) >= 11 is 0. The van der Waals surface area contributed by atoms with Gasteiger partial charge in [-0.2, -0.15) is 0 Å². The van der Waals surface area contributed by atoms with Gasteiger partial charge >= 0.3 is 0 Å². The van der Waals surface area contributed by atoms with Crippen molar-refractivity contribution in [1.29, 1.82) is 0 Å². The van der Waals surface area contributed by atoms with E-state index in [2.05, 4.69) is 34.6 Å². The molecule has 0 aliphatic carbocycles. The van der Waals surface area contributed by atoms with E-state index in [1.807, 2.05) is 14.0 Å². The minimum atomic E-state index is -0.375. The van der Waals surface area contributed by atoms with E-state index in [1.54, 1.807) is 4.90 Å². The third-order valence-electron chi connectivity index (χ3n) is 3.72. The molecule has 0 aliphatic heterocycles. The minimum Gasteiger partial charge on any atom is -0.341 e. The average Bonchev–Trinajstić information content (AvgIpc) is 2.22. The monoisotopic (exact) mass is 228 g/mol. The number of carbonyl (C=O) groups excluding carboxylic acids is 1. The summed E-state index contributed by atoms with van der Waals surface area (Å²) in [5, 5.41) is 0. The molecule has 3 atom stereocenters. The summed E-state index contributed by atoms with van der Waals surface area (Å²) in [6.45, 7) is 12.6. The molecule has 1 amide bonds. The van der Waals surface area contributed by atoms with Crippen LogP contribution in [0, 0.1) is 11.3 Å². The number of hydrogen-bond donors (Lipinski definition) is 1. The second-order valence-corrected chi connectivity index (χ2v) is 5.90. The van der Waals surface area contributed by atoms with E-state index >= 15 is 0 Å². The molecule has 0 aliphatic rings. The van der Waals surface area contributed by atoms with Gasteiger partial charge in [0.05, 0.1) is 6.04 Å². The molecule has 0 radical (unpaired) electrons. The van der Waals surface area contributed by atoms with Crippen molar-refractivity contribution in [3.63, 3.8) is 0 Å². The third-order valence-corrected chi connectivity index (χ3v) is 3.72. The van der Waals surface area contributed by atoms with Crippen molar-refractivity contribution in [2.45, 2.75) is 60.0 Å². The zero-order valence-electron chi connectivity index (χ0n) is 11.9. The van der Waals surface area contributed by atoms with Gasteiger partial charge in [0.1, 0.15) is 0 Å². The highest BCUT2D eigenvalue weighted by Crippen LogP contribution is 2.24. The highest BCUT2D eigenvalue weighted by atomic mass is 16.2. The molecule has 0 spiro atoms. The van der Waals surface area contributed by atoms with Gasteiger partial charge in [-0.25, -0.2) is 0 Å². The van der Waals surface area contributed by atoms with Crippen molar-refractivity contribution < 1.29 is 4.79 Å². The fourth-order valence-corrected chi connectivity index (χ4v) is 1.50. The van der Waals surface area contributed by atoms with E-state index in [0.29, 0.717) is 0 Å². The van der Waals surface area contributed by atoms with Crippen molar-refractivity contribution >= 4 is 5.91 Å². The van der Waals surface area contributed by atoms with Gasteiger partial charge in [0.25, 0.3) is 0 Å². The molecule has 2 N–H and O–H groups in total. The average molecular weight is 228 g/mol. The molecular weight excluding hydrogens is 200 g/mol. The molecule has 0 aromatic carbocycles. The summed E-state index contributed by atoms with van der Waals surface area (Å²) in [6.07, 6.45) is 0.935. The van der Waals surface area contributed by atoms with E-state index in [-0.39, 0.29) is 29.3 Å². The van der Waals surface area contributed by atoms with Gasteiger partial charge in [-0.3, -0.25) is 4.79 Å². The van der Waals surface area contributed by atoms with Crippen LogP contribution in [0.3, 0.4) is 0 Å². The first-order valence-electron chi connectivity index (χ1n) is 6.15. The molecule has 0 aromatic heterocycles. The molecular formula is C13H28N2O. The van der Waals surface area contributed by atoms with E-state index in [1.165, 1.54) is 0 Å². The Morgan fingerprint density at radius 2 is 1.75 bits per heavy atom. The lowest BCUT2D eigenvalue weighted by Crippen LogP contribution is -2.51. The number of nitrogens with two attached hydrogens (primary N) is 1. The van der Waals surface area contributed by atoms with Gasteiger partial charge < -0.3 is 10.6 Å². The van der Waals surface area contributed by atoms with Gasteiger partial charge in [-0.05, 0) is 18.3 Å². The normalized spacial score (nSPS) is 17.8. The molecule has 3 heteroatoms. The number of amides is 1. The summed E-state index contributed by atoms with van der Waals surface area (Å²) < 4.78 is 0. The highest BCUT2D eigenvalue weighted by molar-refractivity contribution is 5.82. The maximum Gasteiger partial charge on any atom is 0.239 e. The number of nitrogens with zero attached hydrogens (tertiary/aromatic N) is 1. The molecule has 1 unspecified atom stereocenters. The fourth-order valence-electron chi connectivity index (χ4n) is 1.50. The Kier molecular flexibility index (Phi) is 5.47. The molecule has 0 aromatic rings. The van der Waals surface area contributed by atoms with Gasteiger partial charge in [0.15, 0.2) is 0 Å². The van der Waals surface area contributed by atoms with Gasteiger partial charge in [0, 0.05) is 13.1 Å². The van der Waals surface area contributed by atoms with E-state index in [4.69, 9.17) is 5.73 Å². The second kappa shape index (κ2) is 5.67. The predicted octanol–water partition coefficient (Wildman–Crippen LogP) is 2.25. The van der Waals surface area contributed by atoms with Crippen LogP contribution < -0.4 is 5.73 Å². The quantitative estimate of drug-likeness (QED) is 0.802. The number of hydrogen-bond acceptors (Lipinski definition) is 2. The topological polar surface area (TPSA) is 46.3 Å². The molecule has 16 heavy (non-hydrogen) atoms. The fraction of sp³-hybridized carbons (Fsp3) is 0.923. The second-order valence-electron chi connectivity index (χ2n) is 5.90. The van der Waals surface area contributed by atoms with Crippen molar-refractivity contribution in [2.24, 2.45) is 17.1 Å². The summed E-state index contributed by atoms with van der Waals surface area (Å²) in [5.74, 6) is 0.291. The molecule has 96 valence electrons. The van der Waals surface area contributed by atoms with Crippen LogP contribution in [0.1, 0.15) is 48.0 Å². The van der Waals surface area contributed by atoms with Crippen LogP contribution in [-0.4, -0.2) is 29.9 Å². The van der Waals surface area contributed by atoms with Gasteiger partial charge in [-0.15, -0.1) is 0 Å². The Balaban J connectivity index is 4.62. The Morgan fingerprint density at radius 3 is 2.06 bits per heavy atom. The molecule has 0 bridgehead atoms. The lowest BCUT2D eigenvalue weighted by Gasteiger charge is -2.37. The zero-order valence-corrected chi connectivity index (χ0v) is 11.9. The van der Waals surface area contributed by atoms with Crippen molar-refractivity contribution in [2.75, 3.05) is 7.05 Å². The first-order chi connectivity index (χ1) is 7.12. The smallest absolute Gasteiger partial charge is 0.239 e. The Labute approximate surface area is 100 Å². The van der Waals surface area contributed by atoms with E-state index in [0.717, 1.165) is 6.42 Å². The van der Waals surface area contributed by atoms with Crippen molar-refractivity contribution in [1.82, 2.24) is 4.90 Å². The standard InChI is InChI=1S/C13H28N2O/c1-8-9(2)11(14)12(16)15(7)10(3)13(4,5)6/h9-11H,8,14H2,1-7H3/t9-,10?,11-/m0/s1. The Morgan fingerprint density at radius 1 is 1.31 bits per heavy atom. The van der Waals surface area contributed by atoms with Crippen molar-refractivity contribution in [3.8, 4) is 0 Å². The van der Waals surface area contributed by atoms with Crippen LogP contribution >= 0.6 is 0 Å². The zero-order chi connectivity index (χ0) is 13.1. The Bertz CT molecular complexity index is 233. The lowest BCUT2D eigenvalue weighted by molar-refractivity contribution is -0.136. The third kappa shape index (κ3) is 3.78. The van der Waals surface area contributed by atoms with Crippen LogP contribution in [0.4, 0.5) is 0 Å². The summed E-state index contributed by atoms with van der Waals surface area (Å²) in [5.41, 5.74) is 6.04. The number of carbonyl (C=O) groups is 1. The van der Waals surface area contributed by atoms with Crippen LogP contribution in [0.5, 0.6) is 0 Å². The number of rotatable bonds is 4.